The number of sulfonamides is 1. The second kappa shape index (κ2) is 7.12. The molecule has 140 valence electrons. The summed E-state index contributed by atoms with van der Waals surface area (Å²) in [6.07, 6.45) is 2.28. The summed E-state index contributed by atoms with van der Waals surface area (Å²) in [5.74, 6) is -1.47. The number of hydrogen-bond acceptors (Lipinski definition) is 5. The van der Waals surface area contributed by atoms with E-state index in [-0.39, 0.29) is 4.90 Å². The Kier molecular flexibility index (Phi) is 5.52. The molecule has 1 aliphatic carbocycles. The highest BCUT2D eigenvalue weighted by Gasteiger charge is 2.33. The summed E-state index contributed by atoms with van der Waals surface area (Å²) >= 11 is 0. The molecule has 0 radical (unpaired) electrons. The molecule has 1 aromatic rings. The van der Waals surface area contributed by atoms with Gasteiger partial charge in [-0.15, -0.1) is 0 Å². The first-order valence-electron chi connectivity index (χ1n) is 8.08. The van der Waals surface area contributed by atoms with E-state index >= 15 is 0 Å². The lowest BCUT2D eigenvalue weighted by Crippen LogP contribution is -2.50. The van der Waals surface area contributed by atoms with Gasteiger partial charge in [0, 0.05) is 7.05 Å². The molecule has 1 amide bonds. The monoisotopic (exact) mass is 372 g/mol. The maximum Gasteiger partial charge on any atom is 0.326 e. The zero-order valence-corrected chi connectivity index (χ0v) is 15.6. The number of carbonyl (C=O) groups is 2. The van der Waals surface area contributed by atoms with Crippen LogP contribution in [0.15, 0.2) is 4.90 Å². The van der Waals surface area contributed by atoms with Crippen LogP contribution in [-0.4, -0.2) is 47.3 Å². The normalized spacial score (nSPS) is 17.1. The molecule has 0 aliphatic heterocycles. The van der Waals surface area contributed by atoms with Gasteiger partial charge in [-0.3, -0.25) is 9.48 Å². The molecule has 2 atom stereocenters. The third-order valence-corrected chi connectivity index (χ3v) is 6.11. The molecule has 2 rings (SSSR count). The first-order valence-corrected chi connectivity index (χ1v) is 9.57. The zero-order valence-electron chi connectivity index (χ0n) is 14.7. The number of amides is 1. The van der Waals surface area contributed by atoms with Gasteiger partial charge in [-0.25, -0.2) is 13.2 Å². The highest BCUT2D eigenvalue weighted by atomic mass is 32.2. The predicted molar refractivity (Wildman–Crippen MR) is 89.4 cm³/mol. The van der Waals surface area contributed by atoms with Crippen LogP contribution < -0.4 is 10.0 Å². The van der Waals surface area contributed by atoms with Crippen molar-refractivity contribution in [3.05, 3.63) is 11.4 Å². The van der Waals surface area contributed by atoms with Crippen LogP contribution in [-0.2, 0) is 26.7 Å². The van der Waals surface area contributed by atoms with Crippen molar-refractivity contribution in [2.45, 2.75) is 57.0 Å². The maximum atomic E-state index is 12.5. The van der Waals surface area contributed by atoms with Crippen LogP contribution in [0.1, 0.15) is 37.6 Å². The van der Waals surface area contributed by atoms with Crippen LogP contribution in [0.2, 0.25) is 0 Å². The molecule has 2 unspecified atom stereocenters. The molecule has 10 heteroatoms. The molecule has 1 fully saturated rings. The van der Waals surface area contributed by atoms with Gasteiger partial charge in [0.2, 0.25) is 15.9 Å². The molecule has 0 bridgehead atoms. The number of carboxylic acid groups (broad SMARTS) is 1. The average Bonchev–Trinajstić information content (AvgIpc) is 3.24. The number of carboxylic acids is 1. The minimum Gasteiger partial charge on any atom is -0.480 e. The topological polar surface area (TPSA) is 130 Å². The second-order valence-corrected chi connectivity index (χ2v) is 8.20. The number of aryl methyl sites for hydroxylation is 2. The molecule has 1 aromatic heterocycles. The Labute approximate surface area is 146 Å². The van der Waals surface area contributed by atoms with Gasteiger partial charge in [-0.2, -0.15) is 9.82 Å². The van der Waals surface area contributed by atoms with Crippen molar-refractivity contribution < 1.29 is 23.1 Å². The number of aliphatic carboxylic acids is 1. The number of nitrogens with zero attached hydrogens (tertiary/aromatic N) is 2. The van der Waals surface area contributed by atoms with Gasteiger partial charge < -0.3 is 10.4 Å². The Balaban J connectivity index is 2.07. The molecule has 1 aliphatic rings. The van der Waals surface area contributed by atoms with Crippen molar-refractivity contribution >= 4 is 21.9 Å². The molecule has 25 heavy (non-hydrogen) atoms. The molecule has 3 N–H and O–H groups in total. The summed E-state index contributed by atoms with van der Waals surface area (Å²) in [4.78, 5) is 23.5. The first kappa shape index (κ1) is 19.4. The SMILES string of the molecule is Cc1nn(C)c(C)c1S(=O)(=O)NC(C)C(=O)NC(CC1CC1)C(=O)O. The van der Waals surface area contributed by atoms with E-state index in [1.165, 1.54) is 11.6 Å². The summed E-state index contributed by atoms with van der Waals surface area (Å²) < 4.78 is 28.8. The predicted octanol–water partition coefficient (Wildman–Crippen LogP) is 0.0732. The van der Waals surface area contributed by atoms with E-state index in [0.717, 1.165) is 12.8 Å². The summed E-state index contributed by atoms with van der Waals surface area (Å²) in [6.45, 7) is 4.57. The third-order valence-electron chi connectivity index (χ3n) is 4.32. The summed E-state index contributed by atoms with van der Waals surface area (Å²) in [5, 5.41) is 15.7. The minimum atomic E-state index is -3.95. The summed E-state index contributed by atoms with van der Waals surface area (Å²) in [7, 11) is -2.32. The van der Waals surface area contributed by atoms with Crippen molar-refractivity contribution in [1.29, 1.82) is 0 Å². The van der Waals surface area contributed by atoms with Gasteiger partial charge in [0.05, 0.1) is 17.4 Å². The Morgan fingerprint density at radius 3 is 2.40 bits per heavy atom. The highest BCUT2D eigenvalue weighted by Crippen LogP contribution is 2.33. The fraction of sp³-hybridized carbons (Fsp3) is 0.667. The van der Waals surface area contributed by atoms with Crippen LogP contribution in [0.4, 0.5) is 0 Å². The van der Waals surface area contributed by atoms with Gasteiger partial charge in [0.15, 0.2) is 0 Å². The molecule has 0 spiro atoms. The zero-order chi connectivity index (χ0) is 18.9. The van der Waals surface area contributed by atoms with E-state index in [1.807, 2.05) is 0 Å². The Hall–Kier alpha value is -1.94. The quantitative estimate of drug-likeness (QED) is 0.592. The van der Waals surface area contributed by atoms with Crippen LogP contribution in [0.5, 0.6) is 0 Å². The van der Waals surface area contributed by atoms with Crippen LogP contribution in [0.25, 0.3) is 0 Å². The average molecular weight is 372 g/mol. The van der Waals surface area contributed by atoms with Crippen LogP contribution in [0.3, 0.4) is 0 Å². The largest absolute Gasteiger partial charge is 0.480 e. The second-order valence-electron chi connectivity index (χ2n) is 6.55. The molecule has 1 heterocycles. The molecule has 0 saturated heterocycles. The van der Waals surface area contributed by atoms with E-state index < -0.39 is 34.0 Å². The number of nitrogens with one attached hydrogen (secondary N) is 2. The van der Waals surface area contributed by atoms with Crippen LogP contribution >= 0.6 is 0 Å². The lowest BCUT2D eigenvalue weighted by Gasteiger charge is -2.18. The van der Waals surface area contributed by atoms with E-state index in [2.05, 4.69) is 15.1 Å². The molecule has 1 saturated carbocycles. The van der Waals surface area contributed by atoms with Gasteiger partial charge in [-0.1, -0.05) is 12.8 Å². The van der Waals surface area contributed by atoms with Gasteiger partial charge in [0.1, 0.15) is 10.9 Å². The Bertz CT molecular complexity index is 782. The lowest BCUT2D eigenvalue weighted by molar-refractivity contribution is -0.142. The van der Waals surface area contributed by atoms with Crippen molar-refractivity contribution in [3.63, 3.8) is 0 Å². The van der Waals surface area contributed by atoms with E-state index in [4.69, 9.17) is 0 Å². The Morgan fingerprint density at radius 2 is 1.96 bits per heavy atom. The number of carbonyl (C=O) groups excluding carboxylic acids is 1. The number of aromatic nitrogens is 2. The fourth-order valence-electron chi connectivity index (χ4n) is 2.69. The van der Waals surface area contributed by atoms with Gasteiger partial charge >= 0.3 is 5.97 Å². The molecular formula is C15H24N4O5S. The van der Waals surface area contributed by atoms with E-state index in [1.54, 1.807) is 20.9 Å². The summed E-state index contributed by atoms with van der Waals surface area (Å²) in [6, 6.07) is -2.11. The van der Waals surface area contributed by atoms with Crippen LogP contribution in [0, 0.1) is 19.8 Å². The standard InChI is InChI=1S/C15H24N4O5S/c1-8-13(10(3)19(4)17-8)25(23,24)18-9(2)14(20)16-12(15(21)22)7-11-5-6-11/h9,11-12,18H,5-7H2,1-4H3,(H,16,20)(H,21,22). The third kappa shape index (κ3) is 4.57. The first-order chi connectivity index (χ1) is 11.5. The van der Waals surface area contributed by atoms with Crippen molar-refractivity contribution in [2.24, 2.45) is 13.0 Å². The highest BCUT2D eigenvalue weighted by molar-refractivity contribution is 7.89. The van der Waals surface area contributed by atoms with Crippen molar-refractivity contribution in [2.75, 3.05) is 0 Å². The number of rotatable bonds is 8. The van der Waals surface area contributed by atoms with Gasteiger partial charge in [-0.05, 0) is 33.1 Å². The molecular weight excluding hydrogens is 348 g/mol. The maximum absolute atomic E-state index is 12.5. The molecule has 9 nitrogen and oxygen atoms in total. The smallest absolute Gasteiger partial charge is 0.326 e. The van der Waals surface area contributed by atoms with Crippen molar-refractivity contribution in [3.8, 4) is 0 Å². The lowest BCUT2D eigenvalue weighted by atomic mass is 10.1. The molecule has 0 aromatic carbocycles. The van der Waals surface area contributed by atoms with E-state index in [0.29, 0.717) is 23.7 Å². The van der Waals surface area contributed by atoms with Gasteiger partial charge in [0.25, 0.3) is 0 Å². The van der Waals surface area contributed by atoms with Crippen molar-refractivity contribution in [1.82, 2.24) is 19.8 Å². The van der Waals surface area contributed by atoms with E-state index in [9.17, 15) is 23.1 Å². The Morgan fingerprint density at radius 1 is 1.36 bits per heavy atom. The summed E-state index contributed by atoms with van der Waals surface area (Å²) in [5.41, 5.74) is 0.784. The number of hydrogen-bond donors (Lipinski definition) is 3. The minimum absolute atomic E-state index is 0.0300. The fourth-order valence-corrected chi connectivity index (χ4v) is 4.33.